The Kier molecular flexibility index (Phi) is 3.36. The Balaban J connectivity index is 2.73. The minimum Gasteiger partial charge on any atom is -0.396 e. The van der Waals surface area contributed by atoms with Crippen molar-refractivity contribution in [3.63, 3.8) is 0 Å². The Labute approximate surface area is 81.9 Å². The van der Waals surface area contributed by atoms with Gasteiger partial charge in [0.2, 0.25) is 0 Å². The predicted molar refractivity (Wildman–Crippen MR) is 55.7 cm³/mol. The molecule has 0 aromatic carbocycles. The summed E-state index contributed by atoms with van der Waals surface area (Å²) in [5.41, 5.74) is 0.206. The lowest BCUT2D eigenvalue weighted by molar-refractivity contribution is -0.0475. The average Bonchev–Trinajstić information content (AvgIpc) is 1.94. The standard InChI is InChI=1S/C11H23NO/c1-9(2)10(12(3)4)11(8-13)6-5-7-11/h9-10,13H,5-8H2,1-4H3. The van der Waals surface area contributed by atoms with Crippen LogP contribution >= 0.6 is 0 Å². The zero-order valence-corrected chi connectivity index (χ0v) is 9.38. The van der Waals surface area contributed by atoms with Gasteiger partial charge in [-0.1, -0.05) is 20.3 Å². The molecule has 0 aromatic rings. The second-order valence-corrected chi connectivity index (χ2v) is 5.03. The molecule has 1 rings (SSSR count). The smallest absolute Gasteiger partial charge is 0.0502 e. The second kappa shape index (κ2) is 3.97. The van der Waals surface area contributed by atoms with Crippen molar-refractivity contribution >= 4 is 0 Å². The number of aliphatic hydroxyl groups is 1. The van der Waals surface area contributed by atoms with Crippen molar-refractivity contribution in [2.75, 3.05) is 20.7 Å². The van der Waals surface area contributed by atoms with E-state index < -0.39 is 0 Å². The fraction of sp³-hybridized carbons (Fsp3) is 1.00. The van der Waals surface area contributed by atoms with Gasteiger partial charge in [-0.05, 0) is 32.9 Å². The van der Waals surface area contributed by atoms with Crippen LogP contribution in [0.5, 0.6) is 0 Å². The SMILES string of the molecule is CC(C)C(N(C)C)C1(CO)CCC1. The molecule has 0 aliphatic heterocycles. The van der Waals surface area contributed by atoms with Gasteiger partial charge >= 0.3 is 0 Å². The van der Waals surface area contributed by atoms with Crippen molar-refractivity contribution in [3.8, 4) is 0 Å². The van der Waals surface area contributed by atoms with Crippen molar-refractivity contribution in [3.05, 3.63) is 0 Å². The summed E-state index contributed by atoms with van der Waals surface area (Å²) >= 11 is 0. The van der Waals surface area contributed by atoms with Crippen LogP contribution in [0.25, 0.3) is 0 Å². The Morgan fingerprint density at radius 2 is 1.85 bits per heavy atom. The normalized spacial score (nSPS) is 23.3. The molecule has 0 amide bonds. The van der Waals surface area contributed by atoms with Gasteiger partial charge in [0.1, 0.15) is 0 Å². The van der Waals surface area contributed by atoms with Gasteiger partial charge in [0, 0.05) is 11.5 Å². The lowest BCUT2D eigenvalue weighted by atomic mass is 9.61. The first kappa shape index (κ1) is 11.0. The molecule has 0 bridgehead atoms. The lowest BCUT2D eigenvalue weighted by Gasteiger charge is -2.51. The summed E-state index contributed by atoms with van der Waals surface area (Å²) in [7, 11) is 4.25. The molecule has 78 valence electrons. The summed E-state index contributed by atoms with van der Waals surface area (Å²) in [6, 6.07) is 0.534. The van der Waals surface area contributed by atoms with Crippen molar-refractivity contribution in [2.45, 2.75) is 39.2 Å². The van der Waals surface area contributed by atoms with Gasteiger partial charge in [0.25, 0.3) is 0 Å². The maximum absolute atomic E-state index is 9.48. The number of hydrogen-bond acceptors (Lipinski definition) is 2. The molecule has 0 saturated heterocycles. The molecule has 0 heterocycles. The van der Waals surface area contributed by atoms with Crippen LogP contribution in [0.1, 0.15) is 33.1 Å². The van der Waals surface area contributed by atoms with Crippen molar-refractivity contribution in [1.29, 1.82) is 0 Å². The van der Waals surface area contributed by atoms with Gasteiger partial charge in [-0.3, -0.25) is 0 Å². The highest BCUT2D eigenvalue weighted by molar-refractivity contribution is 4.98. The maximum Gasteiger partial charge on any atom is 0.0502 e. The summed E-state index contributed by atoms with van der Waals surface area (Å²) in [6.07, 6.45) is 3.69. The highest BCUT2D eigenvalue weighted by Gasteiger charge is 2.45. The van der Waals surface area contributed by atoms with Gasteiger partial charge in [-0.15, -0.1) is 0 Å². The Morgan fingerprint density at radius 1 is 1.31 bits per heavy atom. The average molecular weight is 185 g/mol. The minimum absolute atomic E-state index is 0.206. The molecule has 1 fully saturated rings. The molecule has 2 nitrogen and oxygen atoms in total. The van der Waals surface area contributed by atoms with Crippen molar-refractivity contribution < 1.29 is 5.11 Å². The summed E-state index contributed by atoms with van der Waals surface area (Å²) in [5.74, 6) is 0.627. The highest BCUT2D eigenvalue weighted by Crippen LogP contribution is 2.47. The van der Waals surface area contributed by atoms with Crippen LogP contribution in [0, 0.1) is 11.3 Å². The molecule has 0 spiro atoms. The first-order valence-corrected chi connectivity index (χ1v) is 5.31. The zero-order chi connectivity index (χ0) is 10.1. The first-order valence-electron chi connectivity index (χ1n) is 5.31. The molecule has 0 radical (unpaired) electrons. The monoisotopic (exact) mass is 185 g/mol. The quantitative estimate of drug-likeness (QED) is 0.721. The van der Waals surface area contributed by atoms with E-state index in [4.69, 9.17) is 0 Å². The molecule has 1 atom stereocenters. The van der Waals surface area contributed by atoms with E-state index in [1.807, 2.05) is 0 Å². The fourth-order valence-electron chi connectivity index (χ4n) is 3.03. The lowest BCUT2D eigenvalue weighted by Crippen LogP contribution is -2.53. The van der Waals surface area contributed by atoms with Crippen LogP contribution in [0.2, 0.25) is 0 Å². The summed E-state index contributed by atoms with van der Waals surface area (Å²) in [5, 5.41) is 9.48. The number of hydrogen-bond donors (Lipinski definition) is 1. The third-order valence-corrected chi connectivity index (χ3v) is 3.48. The number of aliphatic hydroxyl groups excluding tert-OH is 1. The van der Waals surface area contributed by atoms with Crippen LogP contribution in [0.15, 0.2) is 0 Å². The van der Waals surface area contributed by atoms with Gasteiger partial charge in [-0.2, -0.15) is 0 Å². The molecular weight excluding hydrogens is 162 g/mol. The van der Waals surface area contributed by atoms with Crippen LogP contribution in [-0.4, -0.2) is 36.8 Å². The Morgan fingerprint density at radius 3 is 1.92 bits per heavy atom. The van der Waals surface area contributed by atoms with E-state index in [9.17, 15) is 5.11 Å². The highest BCUT2D eigenvalue weighted by atomic mass is 16.3. The number of nitrogens with zero attached hydrogens (tertiary/aromatic N) is 1. The zero-order valence-electron chi connectivity index (χ0n) is 9.38. The second-order valence-electron chi connectivity index (χ2n) is 5.03. The first-order chi connectivity index (χ1) is 6.03. The van der Waals surface area contributed by atoms with Crippen LogP contribution in [0.3, 0.4) is 0 Å². The van der Waals surface area contributed by atoms with Crippen LogP contribution in [0.4, 0.5) is 0 Å². The predicted octanol–water partition coefficient (Wildman–Crippen LogP) is 1.74. The summed E-state index contributed by atoms with van der Waals surface area (Å²) in [4.78, 5) is 2.28. The van der Waals surface area contributed by atoms with E-state index in [1.165, 1.54) is 19.3 Å². The molecule has 0 aromatic heterocycles. The number of rotatable bonds is 4. The minimum atomic E-state index is 0.206. The molecule has 13 heavy (non-hydrogen) atoms. The topological polar surface area (TPSA) is 23.5 Å². The summed E-state index contributed by atoms with van der Waals surface area (Å²) < 4.78 is 0. The van der Waals surface area contributed by atoms with E-state index >= 15 is 0 Å². The molecule has 1 saturated carbocycles. The Hall–Kier alpha value is -0.0800. The Bertz CT molecular complexity index is 148. The van der Waals surface area contributed by atoms with E-state index in [0.29, 0.717) is 18.6 Å². The molecule has 1 unspecified atom stereocenters. The van der Waals surface area contributed by atoms with E-state index in [2.05, 4.69) is 32.8 Å². The third kappa shape index (κ3) is 1.89. The fourth-order valence-corrected chi connectivity index (χ4v) is 3.03. The molecule has 1 aliphatic rings. The molecule has 2 heteroatoms. The van der Waals surface area contributed by atoms with E-state index in [-0.39, 0.29) is 5.41 Å². The molecular formula is C11H23NO. The van der Waals surface area contributed by atoms with E-state index in [0.717, 1.165) is 0 Å². The maximum atomic E-state index is 9.48. The molecule has 1 aliphatic carbocycles. The summed E-state index contributed by atoms with van der Waals surface area (Å²) in [6.45, 7) is 4.86. The van der Waals surface area contributed by atoms with Crippen molar-refractivity contribution in [1.82, 2.24) is 4.90 Å². The van der Waals surface area contributed by atoms with Crippen molar-refractivity contribution in [2.24, 2.45) is 11.3 Å². The molecule has 1 N–H and O–H groups in total. The van der Waals surface area contributed by atoms with Gasteiger partial charge < -0.3 is 10.0 Å². The largest absolute Gasteiger partial charge is 0.396 e. The van der Waals surface area contributed by atoms with Crippen LogP contribution in [-0.2, 0) is 0 Å². The van der Waals surface area contributed by atoms with Gasteiger partial charge in [0.05, 0.1) is 6.61 Å². The van der Waals surface area contributed by atoms with Gasteiger partial charge in [0.15, 0.2) is 0 Å². The van der Waals surface area contributed by atoms with Gasteiger partial charge in [-0.25, -0.2) is 0 Å². The van der Waals surface area contributed by atoms with E-state index in [1.54, 1.807) is 0 Å². The van der Waals surface area contributed by atoms with Crippen LogP contribution < -0.4 is 0 Å². The third-order valence-electron chi connectivity index (χ3n) is 3.48.